The van der Waals surface area contributed by atoms with Crippen LogP contribution in [0.4, 0.5) is 0 Å². The summed E-state index contributed by atoms with van der Waals surface area (Å²) in [6.07, 6.45) is 1.47. The molecule has 0 saturated carbocycles. The highest BCUT2D eigenvalue weighted by molar-refractivity contribution is 7.99. The van der Waals surface area contributed by atoms with Gasteiger partial charge in [-0.2, -0.15) is 11.8 Å². The molecule has 0 radical (unpaired) electrons. The molecule has 0 spiro atoms. The normalized spacial score (nSPS) is 24.2. The van der Waals surface area contributed by atoms with E-state index in [-0.39, 0.29) is 6.42 Å². The third-order valence-corrected chi connectivity index (χ3v) is 4.76. The summed E-state index contributed by atoms with van der Waals surface area (Å²) in [5.74, 6) is 1.66. The van der Waals surface area contributed by atoms with E-state index >= 15 is 0 Å². The van der Waals surface area contributed by atoms with E-state index in [1.807, 2.05) is 11.8 Å². The zero-order valence-corrected chi connectivity index (χ0v) is 12.2. The third-order valence-electron chi connectivity index (χ3n) is 3.72. The quantitative estimate of drug-likeness (QED) is 0.824. The van der Waals surface area contributed by atoms with Crippen molar-refractivity contribution in [3.63, 3.8) is 0 Å². The fourth-order valence-corrected chi connectivity index (χ4v) is 4.17. The van der Waals surface area contributed by atoms with Crippen molar-refractivity contribution >= 4 is 17.7 Å². The van der Waals surface area contributed by atoms with Crippen LogP contribution in [0.1, 0.15) is 40.5 Å². The van der Waals surface area contributed by atoms with Gasteiger partial charge in [0, 0.05) is 24.4 Å². The predicted octanol–water partition coefficient (Wildman–Crippen LogP) is 2.70. The highest BCUT2D eigenvalue weighted by Gasteiger charge is 2.37. The molecule has 0 aliphatic carbocycles. The summed E-state index contributed by atoms with van der Waals surface area (Å²) in [6, 6.07) is 0.915. The Bertz CT molecular complexity index is 266. The molecule has 1 aliphatic rings. The van der Waals surface area contributed by atoms with Crippen molar-refractivity contribution in [2.75, 3.05) is 18.1 Å². The first-order valence-electron chi connectivity index (χ1n) is 6.40. The molecule has 0 aromatic heterocycles. The van der Waals surface area contributed by atoms with E-state index in [0.717, 1.165) is 5.75 Å². The van der Waals surface area contributed by atoms with Crippen LogP contribution in [0.5, 0.6) is 0 Å². The van der Waals surface area contributed by atoms with Gasteiger partial charge in [0.25, 0.3) is 0 Å². The van der Waals surface area contributed by atoms with Crippen LogP contribution in [0.2, 0.25) is 0 Å². The summed E-state index contributed by atoms with van der Waals surface area (Å²) < 4.78 is 0. The Morgan fingerprint density at radius 1 is 1.53 bits per heavy atom. The number of rotatable bonds is 5. The molecule has 1 N–H and O–H groups in total. The van der Waals surface area contributed by atoms with Crippen molar-refractivity contribution in [2.24, 2.45) is 5.41 Å². The maximum atomic E-state index is 10.7. The van der Waals surface area contributed by atoms with Crippen LogP contribution >= 0.6 is 11.8 Å². The molecule has 1 fully saturated rings. The molecule has 4 heteroatoms. The molecule has 1 atom stereocenters. The maximum absolute atomic E-state index is 10.7. The van der Waals surface area contributed by atoms with E-state index in [0.29, 0.717) is 24.0 Å². The number of carboxylic acids is 1. The summed E-state index contributed by atoms with van der Waals surface area (Å²) in [7, 11) is 0. The third kappa shape index (κ3) is 4.18. The summed E-state index contributed by atoms with van der Waals surface area (Å²) in [5.41, 5.74) is 0.300. The highest BCUT2D eigenvalue weighted by atomic mass is 32.2. The molecule has 1 aliphatic heterocycles. The molecule has 1 saturated heterocycles. The van der Waals surface area contributed by atoms with Crippen LogP contribution < -0.4 is 0 Å². The molecule has 1 rings (SSSR count). The lowest BCUT2D eigenvalue weighted by Crippen LogP contribution is -2.52. The second kappa shape index (κ2) is 6.10. The molecule has 100 valence electrons. The topological polar surface area (TPSA) is 40.5 Å². The molecule has 17 heavy (non-hydrogen) atoms. The molecule has 0 amide bonds. The van der Waals surface area contributed by atoms with E-state index in [2.05, 4.69) is 32.6 Å². The second-order valence-electron chi connectivity index (χ2n) is 5.80. The zero-order chi connectivity index (χ0) is 13.1. The Kier molecular flexibility index (Phi) is 5.32. The molecule has 0 aromatic rings. The Balaban J connectivity index is 2.71. The Hall–Kier alpha value is -0.220. The number of carbonyl (C=O) groups is 1. The summed E-state index contributed by atoms with van der Waals surface area (Å²) in [5, 5.41) is 8.84. The first-order valence-corrected chi connectivity index (χ1v) is 7.55. The first kappa shape index (κ1) is 14.8. The average molecular weight is 259 g/mol. The van der Waals surface area contributed by atoms with Gasteiger partial charge in [0.1, 0.15) is 0 Å². The van der Waals surface area contributed by atoms with Crippen molar-refractivity contribution in [1.29, 1.82) is 0 Å². The maximum Gasteiger partial charge on any atom is 0.304 e. The highest BCUT2D eigenvalue weighted by Crippen LogP contribution is 2.38. The van der Waals surface area contributed by atoms with Gasteiger partial charge >= 0.3 is 5.97 Å². The lowest BCUT2D eigenvalue weighted by molar-refractivity contribution is -0.137. The first-order chi connectivity index (χ1) is 7.84. The Labute approximate surface area is 109 Å². The van der Waals surface area contributed by atoms with Gasteiger partial charge in [0.15, 0.2) is 0 Å². The second-order valence-corrected chi connectivity index (χ2v) is 6.95. The van der Waals surface area contributed by atoms with E-state index < -0.39 is 5.97 Å². The summed E-state index contributed by atoms with van der Waals surface area (Å²) in [6.45, 7) is 9.62. The Morgan fingerprint density at radius 3 is 2.65 bits per heavy atom. The van der Waals surface area contributed by atoms with Gasteiger partial charge < -0.3 is 5.11 Å². The number of hydrogen-bond donors (Lipinski definition) is 1. The molecule has 0 aromatic carbocycles. The largest absolute Gasteiger partial charge is 0.481 e. The minimum Gasteiger partial charge on any atom is -0.481 e. The molecule has 0 bridgehead atoms. The molecule has 1 unspecified atom stereocenters. The summed E-state index contributed by atoms with van der Waals surface area (Å²) >= 11 is 2.00. The molecule has 1 heterocycles. The van der Waals surface area contributed by atoms with Crippen molar-refractivity contribution in [3.05, 3.63) is 0 Å². The summed E-state index contributed by atoms with van der Waals surface area (Å²) in [4.78, 5) is 13.1. The molecular weight excluding hydrogens is 234 g/mol. The van der Waals surface area contributed by atoms with E-state index in [4.69, 9.17) is 5.11 Å². The number of hydrogen-bond acceptors (Lipinski definition) is 3. The van der Waals surface area contributed by atoms with Gasteiger partial charge in [-0.05, 0) is 31.4 Å². The van der Waals surface area contributed by atoms with Crippen LogP contribution in [-0.4, -0.2) is 46.1 Å². The van der Waals surface area contributed by atoms with Crippen LogP contribution in [-0.2, 0) is 4.79 Å². The minimum atomic E-state index is -0.697. The number of nitrogens with zero attached hydrogens (tertiary/aromatic N) is 1. The van der Waals surface area contributed by atoms with E-state index in [1.165, 1.54) is 12.2 Å². The average Bonchev–Trinajstić information content (AvgIpc) is 2.19. The van der Waals surface area contributed by atoms with Crippen molar-refractivity contribution in [2.45, 2.75) is 52.6 Å². The molecule has 3 nitrogen and oxygen atoms in total. The van der Waals surface area contributed by atoms with Crippen LogP contribution in [0.25, 0.3) is 0 Å². The lowest BCUT2D eigenvalue weighted by atomic mass is 9.81. The Morgan fingerprint density at radius 2 is 2.18 bits per heavy atom. The predicted molar refractivity (Wildman–Crippen MR) is 73.6 cm³/mol. The SMILES string of the molecule is CC(C)N(CCC(=O)O)C1CSCCC1(C)C. The smallest absolute Gasteiger partial charge is 0.304 e. The lowest BCUT2D eigenvalue weighted by Gasteiger charge is -2.46. The standard InChI is InChI=1S/C13H25NO2S/c1-10(2)14(7-5-12(15)16)11-9-17-8-6-13(11,3)4/h10-11H,5-9H2,1-4H3,(H,15,16). The number of thioether (sulfide) groups is 1. The zero-order valence-electron chi connectivity index (χ0n) is 11.4. The van der Waals surface area contributed by atoms with E-state index in [1.54, 1.807) is 0 Å². The van der Waals surface area contributed by atoms with Gasteiger partial charge in [-0.15, -0.1) is 0 Å². The van der Waals surface area contributed by atoms with Crippen LogP contribution in [0.3, 0.4) is 0 Å². The van der Waals surface area contributed by atoms with Gasteiger partial charge in [0.2, 0.25) is 0 Å². The van der Waals surface area contributed by atoms with Gasteiger partial charge in [0.05, 0.1) is 6.42 Å². The molecular formula is C13H25NO2S. The van der Waals surface area contributed by atoms with Crippen molar-refractivity contribution in [3.8, 4) is 0 Å². The van der Waals surface area contributed by atoms with E-state index in [9.17, 15) is 4.79 Å². The monoisotopic (exact) mass is 259 g/mol. The number of carboxylic acid groups (broad SMARTS) is 1. The fraction of sp³-hybridized carbons (Fsp3) is 0.923. The van der Waals surface area contributed by atoms with Gasteiger partial charge in [-0.25, -0.2) is 0 Å². The fourth-order valence-electron chi connectivity index (χ4n) is 2.47. The van der Waals surface area contributed by atoms with Crippen molar-refractivity contribution in [1.82, 2.24) is 4.90 Å². The van der Waals surface area contributed by atoms with Gasteiger partial charge in [-0.1, -0.05) is 13.8 Å². The van der Waals surface area contributed by atoms with Crippen LogP contribution in [0, 0.1) is 5.41 Å². The van der Waals surface area contributed by atoms with Gasteiger partial charge in [-0.3, -0.25) is 9.69 Å². The number of aliphatic carboxylic acids is 1. The minimum absolute atomic E-state index is 0.245. The van der Waals surface area contributed by atoms with Crippen molar-refractivity contribution < 1.29 is 9.90 Å². The van der Waals surface area contributed by atoms with Crippen LogP contribution in [0.15, 0.2) is 0 Å².